The van der Waals surface area contributed by atoms with E-state index in [-0.39, 0.29) is 0 Å². The van der Waals surface area contributed by atoms with Gasteiger partial charge in [0.2, 0.25) is 29.1 Å². The molecule has 0 spiro atoms. The van der Waals surface area contributed by atoms with Gasteiger partial charge in [-0.15, -0.1) is 0 Å². The lowest BCUT2D eigenvalue weighted by Crippen LogP contribution is -3.62. The molecule has 0 aliphatic heterocycles. The summed E-state index contributed by atoms with van der Waals surface area (Å²) in [6.45, 7) is 6.46. The molecule has 2 aromatic rings. The molecule has 0 aliphatic rings. The number of hydrogen-bond donors (Lipinski definition) is 0. The van der Waals surface area contributed by atoms with Crippen molar-refractivity contribution in [1.82, 2.24) is 0 Å². The van der Waals surface area contributed by atoms with Crippen molar-refractivity contribution in [1.29, 1.82) is 0 Å². The summed E-state index contributed by atoms with van der Waals surface area (Å²) in [7, 11) is -7.59. The molecule has 0 heterocycles. The molecule has 0 saturated carbocycles. The lowest BCUT2D eigenvalue weighted by molar-refractivity contribution is -0.604. The fraction of sp³-hybridized carbons (Fsp3) is 0.250. The fourth-order valence-electron chi connectivity index (χ4n) is 1.78. The van der Waals surface area contributed by atoms with E-state index in [4.69, 9.17) is 13.0 Å². The Bertz CT molecular complexity index is 990. The minimum Gasteiger partial charge on any atom is -0.741 e. The summed E-state index contributed by atoms with van der Waals surface area (Å²) in [5.41, 5.74) is -5.65. The van der Waals surface area contributed by atoms with Crippen LogP contribution in [-0.4, -0.2) is 26.6 Å². The number of halogens is 9. The molecule has 0 N–H and O–H groups in total. The third-order valence-corrected chi connectivity index (χ3v) is 8.81. The van der Waals surface area contributed by atoms with Crippen LogP contribution in [0.3, 0.4) is 0 Å². The molecular formula is C16H13F8IO3SSi. The second kappa shape index (κ2) is 9.48. The summed E-state index contributed by atoms with van der Waals surface area (Å²) in [6, 6.07) is 7.15. The van der Waals surface area contributed by atoms with Crippen LogP contribution in [0.4, 0.5) is 35.1 Å². The van der Waals surface area contributed by atoms with Gasteiger partial charge in [0.15, 0.2) is 13.7 Å². The third-order valence-electron chi connectivity index (χ3n) is 3.35. The van der Waals surface area contributed by atoms with Crippen LogP contribution in [0.1, 0.15) is 0 Å². The van der Waals surface area contributed by atoms with Gasteiger partial charge in [-0.1, -0.05) is 37.0 Å². The molecule has 0 bridgehead atoms. The van der Waals surface area contributed by atoms with Crippen LogP contribution in [-0.2, 0) is 10.1 Å². The van der Waals surface area contributed by atoms with Crippen LogP contribution in [0.25, 0.3) is 0 Å². The molecule has 0 aromatic heterocycles. The molecule has 168 valence electrons. The number of alkyl halides is 3. The predicted molar refractivity (Wildman–Crippen MR) is 88.8 cm³/mol. The lowest BCUT2D eigenvalue weighted by Gasteiger charge is -2.15. The second-order valence-corrected chi connectivity index (χ2v) is 15.9. The van der Waals surface area contributed by atoms with Crippen molar-refractivity contribution in [3.05, 3.63) is 60.5 Å². The molecule has 30 heavy (non-hydrogen) atoms. The maximum Gasteiger partial charge on any atom is 0.485 e. The average Bonchev–Trinajstić information content (AvgIpc) is 2.60. The highest BCUT2D eigenvalue weighted by atomic mass is 127. The van der Waals surface area contributed by atoms with Crippen molar-refractivity contribution in [2.45, 2.75) is 25.1 Å². The molecule has 0 atom stereocenters. The molecule has 14 heteroatoms. The van der Waals surface area contributed by atoms with Crippen LogP contribution in [0, 0.1) is 36.2 Å². The minimum atomic E-state index is -6.09. The quantitative estimate of drug-likeness (QED) is 0.102. The summed E-state index contributed by atoms with van der Waals surface area (Å²) in [4.78, 5) is 0. The SMILES string of the molecule is C[Si](C)(C)c1ccc([I+]c2c(F)c(F)c(F)c(F)c2F)cc1.O=S(=O)([O-])C(F)(F)F. The smallest absolute Gasteiger partial charge is 0.485 e. The molecule has 3 nitrogen and oxygen atoms in total. The Morgan fingerprint density at radius 1 is 0.800 bits per heavy atom. The molecular weight excluding hydrogens is 579 g/mol. The first-order chi connectivity index (χ1) is 13.4. The molecule has 0 unspecified atom stereocenters. The summed E-state index contributed by atoms with van der Waals surface area (Å²) in [5.74, 6) is -9.33. The van der Waals surface area contributed by atoms with Gasteiger partial charge in [0.25, 0.3) is 3.57 Å². The molecule has 0 radical (unpaired) electrons. The van der Waals surface area contributed by atoms with Gasteiger partial charge in [0, 0.05) is 0 Å². The molecule has 0 saturated heterocycles. The normalized spacial score (nSPS) is 12.4. The summed E-state index contributed by atoms with van der Waals surface area (Å²) >= 11 is -1.49. The van der Waals surface area contributed by atoms with Crippen molar-refractivity contribution in [3.63, 3.8) is 0 Å². The van der Waals surface area contributed by atoms with Crippen LogP contribution in [0.2, 0.25) is 19.6 Å². The Labute approximate surface area is 178 Å². The Morgan fingerprint density at radius 2 is 1.13 bits per heavy atom. The Balaban J connectivity index is 0.000000479. The Morgan fingerprint density at radius 3 is 1.43 bits per heavy atom. The van der Waals surface area contributed by atoms with Gasteiger partial charge < -0.3 is 4.55 Å². The van der Waals surface area contributed by atoms with Crippen molar-refractivity contribution in [3.8, 4) is 0 Å². The minimum absolute atomic E-state index is 0.601. The zero-order valence-electron chi connectivity index (χ0n) is 15.3. The fourth-order valence-corrected chi connectivity index (χ4v) is 5.24. The highest BCUT2D eigenvalue weighted by Crippen LogP contribution is 2.20. The standard InChI is InChI=1S/C15H13F5ISi.CHF3O3S/c1-22(2,3)9-6-4-8(5-7-9)21-15-13(19)11(17)10(16)12(18)14(15)20;2-1(3,4)8(5,6)7/h4-7H,1-3H3;(H,5,6,7)/q+1;/p-1. The topological polar surface area (TPSA) is 57.2 Å². The number of rotatable bonds is 3. The zero-order valence-corrected chi connectivity index (χ0v) is 19.3. The first kappa shape index (κ1) is 26.8. The van der Waals surface area contributed by atoms with Gasteiger partial charge in [-0.3, -0.25) is 0 Å². The number of hydrogen-bond acceptors (Lipinski definition) is 3. The summed E-state index contributed by atoms with van der Waals surface area (Å²) < 4.78 is 126. The number of benzene rings is 2. The maximum absolute atomic E-state index is 13.7. The van der Waals surface area contributed by atoms with Crippen molar-refractivity contribution < 1.29 is 69.3 Å². The predicted octanol–water partition coefficient (Wildman–Crippen LogP) is 1.11. The van der Waals surface area contributed by atoms with E-state index in [2.05, 4.69) is 19.6 Å². The Kier molecular flexibility index (Phi) is 8.46. The monoisotopic (exact) mass is 592 g/mol. The third kappa shape index (κ3) is 6.62. The van der Waals surface area contributed by atoms with Gasteiger partial charge in [0.1, 0.15) is 0 Å². The van der Waals surface area contributed by atoms with E-state index < -0.39 is 77.6 Å². The second-order valence-electron chi connectivity index (χ2n) is 6.64. The van der Waals surface area contributed by atoms with E-state index in [1.807, 2.05) is 12.1 Å². The molecule has 0 fully saturated rings. The molecule has 0 aliphatic carbocycles. The van der Waals surface area contributed by atoms with Crippen molar-refractivity contribution in [2.24, 2.45) is 0 Å². The summed E-state index contributed by atoms with van der Waals surface area (Å²) in [5, 5.41) is 1.16. The van der Waals surface area contributed by atoms with Gasteiger partial charge in [-0.05, 0) is 12.1 Å². The highest BCUT2D eigenvalue weighted by molar-refractivity contribution is 7.86. The van der Waals surface area contributed by atoms with Crippen molar-refractivity contribution in [2.75, 3.05) is 0 Å². The Hall–Kier alpha value is -1.26. The van der Waals surface area contributed by atoms with Crippen LogP contribution < -0.4 is 26.4 Å². The van der Waals surface area contributed by atoms with Crippen LogP contribution >= 0.6 is 0 Å². The zero-order chi connectivity index (χ0) is 23.7. The maximum atomic E-state index is 13.7. The van der Waals surface area contributed by atoms with Crippen LogP contribution in [0.15, 0.2) is 24.3 Å². The van der Waals surface area contributed by atoms with Gasteiger partial charge in [0.05, 0.1) is 8.07 Å². The van der Waals surface area contributed by atoms with Gasteiger partial charge in [-0.2, -0.15) is 22.0 Å². The average molecular weight is 592 g/mol. The summed E-state index contributed by atoms with van der Waals surface area (Å²) in [6.07, 6.45) is 0. The van der Waals surface area contributed by atoms with E-state index in [9.17, 15) is 35.1 Å². The van der Waals surface area contributed by atoms with Crippen molar-refractivity contribution >= 4 is 23.4 Å². The van der Waals surface area contributed by atoms with E-state index in [0.717, 1.165) is 5.19 Å². The van der Waals surface area contributed by atoms with Gasteiger partial charge >= 0.3 is 26.7 Å². The van der Waals surface area contributed by atoms with E-state index in [1.165, 1.54) is 0 Å². The highest BCUT2D eigenvalue weighted by Gasteiger charge is 2.37. The largest absolute Gasteiger partial charge is 0.741 e. The molecule has 2 aromatic carbocycles. The van der Waals surface area contributed by atoms with E-state index in [0.29, 0.717) is 3.57 Å². The molecule has 0 amide bonds. The first-order valence-corrected chi connectivity index (χ1v) is 14.7. The van der Waals surface area contributed by atoms with E-state index >= 15 is 0 Å². The first-order valence-electron chi connectivity index (χ1n) is 7.67. The van der Waals surface area contributed by atoms with E-state index in [1.54, 1.807) is 12.1 Å². The van der Waals surface area contributed by atoms with Gasteiger partial charge in [-0.25, -0.2) is 21.6 Å². The lowest BCUT2D eigenvalue weighted by atomic mass is 10.3. The molecule has 2 rings (SSSR count). The van der Waals surface area contributed by atoms with Crippen LogP contribution in [0.5, 0.6) is 0 Å².